The van der Waals surface area contributed by atoms with Crippen molar-refractivity contribution < 1.29 is 4.74 Å². The molecule has 0 radical (unpaired) electrons. The number of likely N-dealkylation sites (N-methyl/N-ethyl adjacent to an activating group) is 1. The molecule has 0 saturated carbocycles. The lowest BCUT2D eigenvalue weighted by molar-refractivity contribution is 0.137. The second-order valence-corrected chi connectivity index (χ2v) is 1.97. The van der Waals surface area contributed by atoms with Gasteiger partial charge in [-0.3, -0.25) is 0 Å². The van der Waals surface area contributed by atoms with Gasteiger partial charge in [-0.1, -0.05) is 13.8 Å². The molecule has 0 aromatic carbocycles. The molecule has 0 aromatic rings. The summed E-state index contributed by atoms with van der Waals surface area (Å²) in [5.74, 6) is 0. The summed E-state index contributed by atoms with van der Waals surface area (Å²) in [5, 5.41) is 3.18. The standard InChI is InChI=1S/C7H17NO.ClH/c1-3-6-9-7-5-8-4-2;/h8H,3-7H2,1-2H3;1H. The number of hydrogen-bond donors (Lipinski definition) is 1. The van der Waals surface area contributed by atoms with Gasteiger partial charge in [0.1, 0.15) is 0 Å². The number of rotatable bonds is 6. The van der Waals surface area contributed by atoms with Gasteiger partial charge >= 0.3 is 0 Å². The van der Waals surface area contributed by atoms with E-state index in [0.29, 0.717) is 0 Å². The Balaban J connectivity index is 0. The molecule has 0 atom stereocenters. The quantitative estimate of drug-likeness (QED) is 0.605. The molecule has 0 rings (SSSR count). The number of halogens is 1. The Bertz CT molecular complexity index is 46.9. The second kappa shape index (κ2) is 11.9. The van der Waals surface area contributed by atoms with E-state index < -0.39 is 0 Å². The Morgan fingerprint density at radius 2 is 1.90 bits per heavy atom. The molecule has 64 valence electrons. The van der Waals surface area contributed by atoms with Gasteiger partial charge in [0.05, 0.1) is 6.61 Å². The normalized spacial score (nSPS) is 9.00. The van der Waals surface area contributed by atoms with Crippen LogP contribution in [0, 0.1) is 0 Å². The number of hydrogen-bond acceptors (Lipinski definition) is 2. The average molecular weight is 168 g/mol. The van der Waals surface area contributed by atoms with E-state index in [-0.39, 0.29) is 12.4 Å². The Hall–Kier alpha value is 0.210. The van der Waals surface area contributed by atoms with Gasteiger partial charge in [-0.25, -0.2) is 0 Å². The molecule has 0 heterocycles. The van der Waals surface area contributed by atoms with Crippen molar-refractivity contribution in [1.82, 2.24) is 5.32 Å². The van der Waals surface area contributed by atoms with Crippen LogP contribution in [0.4, 0.5) is 0 Å². The fourth-order valence-electron chi connectivity index (χ4n) is 0.568. The Morgan fingerprint density at radius 3 is 2.40 bits per heavy atom. The van der Waals surface area contributed by atoms with E-state index in [9.17, 15) is 0 Å². The van der Waals surface area contributed by atoms with E-state index in [1.54, 1.807) is 0 Å². The number of nitrogens with one attached hydrogen (secondary N) is 1. The van der Waals surface area contributed by atoms with Crippen LogP contribution < -0.4 is 5.32 Å². The van der Waals surface area contributed by atoms with E-state index in [1.807, 2.05) is 0 Å². The van der Waals surface area contributed by atoms with Crippen LogP contribution in [0.15, 0.2) is 0 Å². The zero-order chi connectivity index (χ0) is 6.95. The second-order valence-electron chi connectivity index (χ2n) is 1.97. The monoisotopic (exact) mass is 167 g/mol. The maximum absolute atomic E-state index is 5.22. The molecular weight excluding hydrogens is 150 g/mol. The van der Waals surface area contributed by atoms with Crippen LogP contribution in [0.5, 0.6) is 0 Å². The largest absolute Gasteiger partial charge is 0.380 e. The van der Waals surface area contributed by atoms with Crippen LogP contribution in [0.1, 0.15) is 20.3 Å². The molecule has 0 bridgehead atoms. The molecule has 1 N–H and O–H groups in total. The highest BCUT2D eigenvalue weighted by Gasteiger charge is 1.82. The molecule has 0 aliphatic rings. The highest BCUT2D eigenvalue weighted by atomic mass is 35.5. The molecule has 2 nitrogen and oxygen atoms in total. The Kier molecular flexibility index (Phi) is 15.3. The third kappa shape index (κ3) is 11.1. The Morgan fingerprint density at radius 1 is 1.20 bits per heavy atom. The maximum Gasteiger partial charge on any atom is 0.0590 e. The summed E-state index contributed by atoms with van der Waals surface area (Å²) < 4.78 is 5.22. The molecule has 0 aliphatic heterocycles. The van der Waals surface area contributed by atoms with Crippen molar-refractivity contribution >= 4 is 12.4 Å². The first-order chi connectivity index (χ1) is 4.41. The topological polar surface area (TPSA) is 21.3 Å². The van der Waals surface area contributed by atoms with Gasteiger partial charge in [-0.05, 0) is 13.0 Å². The van der Waals surface area contributed by atoms with Gasteiger partial charge in [0, 0.05) is 13.2 Å². The molecule has 0 saturated heterocycles. The summed E-state index contributed by atoms with van der Waals surface area (Å²) in [4.78, 5) is 0. The van der Waals surface area contributed by atoms with Crippen molar-refractivity contribution in [3.05, 3.63) is 0 Å². The smallest absolute Gasteiger partial charge is 0.0590 e. The van der Waals surface area contributed by atoms with Crippen molar-refractivity contribution in [2.24, 2.45) is 0 Å². The summed E-state index contributed by atoms with van der Waals surface area (Å²) in [6, 6.07) is 0. The lowest BCUT2D eigenvalue weighted by atomic mass is 10.5. The van der Waals surface area contributed by atoms with Crippen molar-refractivity contribution in [2.75, 3.05) is 26.3 Å². The third-order valence-electron chi connectivity index (χ3n) is 1.02. The van der Waals surface area contributed by atoms with Crippen LogP contribution in [-0.2, 0) is 4.74 Å². The van der Waals surface area contributed by atoms with Crippen molar-refractivity contribution in [2.45, 2.75) is 20.3 Å². The van der Waals surface area contributed by atoms with Gasteiger partial charge in [-0.15, -0.1) is 12.4 Å². The molecule has 0 unspecified atom stereocenters. The van der Waals surface area contributed by atoms with Crippen LogP contribution in [0.25, 0.3) is 0 Å². The molecule has 0 spiro atoms. The van der Waals surface area contributed by atoms with Gasteiger partial charge < -0.3 is 10.1 Å². The van der Waals surface area contributed by atoms with E-state index in [1.165, 1.54) is 0 Å². The van der Waals surface area contributed by atoms with E-state index >= 15 is 0 Å². The summed E-state index contributed by atoms with van der Waals surface area (Å²) in [7, 11) is 0. The van der Waals surface area contributed by atoms with Crippen molar-refractivity contribution in [3.63, 3.8) is 0 Å². The zero-order valence-corrected chi connectivity index (χ0v) is 7.67. The zero-order valence-electron chi connectivity index (χ0n) is 6.85. The molecule has 0 aliphatic carbocycles. The summed E-state index contributed by atoms with van der Waals surface area (Å²) in [6.45, 7) is 7.98. The van der Waals surface area contributed by atoms with Gasteiger partial charge in [0.15, 0.2) is 0 Å². The van der Waals surface area contributed by atoms with Gasteiger partial charge in [0.25, 0.3) is 0 Å². The fourth-order valence-corrected chi connectivity index (χ4v) is 0.568. The van der Waals surface area contributed by atoms with Gasteiger partial charge in [-0.2, -0.15) is 0 Å². The first-order valence-corrected chi connectivity index (χ1v) is 3.70. The fraction of sp³-hybridized carbons (Fsp3) is 1.00. The molecule has 0 amide bonds. The average Bonchev–Trinajstić information content (AvgIpc) is 1.89. The van der Waals surface area contributed by atoms with Crippen molar-refractivity contribution in [1.29, 1.82) is 0 Å². The van der Waals surface area contributed by atoms with Crippen LogP contribution in [0.3, 0.4) is 0 Å². The minimum absolute atomic E-state index is 0. The lowest BCUT2D eigenvalue weighted by Gasteiger charge is -2.01. The predicted molar refractivity (Wildman–Crippen MR) is 46.9 cm³/mol. The molecule has 0 fully saturated rings. The van der Waals surface area contributed by atoms with Crippen LogP contribution in [0.2, 0.25) is 0 Å². The van der Waals surface area contributed by atoms with Gasteiger partial charge in [0.2, 0.25) is 0 Å². The van der Waals surface area contributed by atoms with E-state index in [0.717, 1.165) is 32.7 Å². The summed E-state index contributed by atoms with van der Waals surface area (Å²) >= 11 is 0. The first kappa shape index (κ1) is 12.8. The maximum atomic E-state index is 5.22. The van der Waals surface area contributed by atoms with Crippen LogP contribution >= 0.6 is 12.4 Å². The van der Waals surface area contributed by atoms with Crippen molar-refractivity contribution in [3.8, 4) is 0 Å². The Labute approximate surface area is 69.7 Å². The number of ether oxygens (including phenoxy) is 1. The van der Waals surface area contributed by atoms with Crippen LogP contribution in [-0.4, -0.2) is 26.3 Å². The molecule has 0 aromatic heterocycles. The predicted octanol–water partition coefficient (Wildman–Crippen LogP) is 1.44. The first-order valence-electron chi connectivity index (χ1n) is 3.70. The van der Waals surface area contributed by atoms with E-state index in [4.69, 9.17) is 4.74 Å². The van der Waals surface area contributed by atoms with E-state index in [2.05, 4.69) is 19.2 Å². The highest BCUT2D eigenvalue weighted by Crippen LogP contribution is 1.77. The summed E-state index contributed by atoms with van der Waals surface area (Å²) in [5.41, 5.74) is 0. The minimum atomic E-state index is 0. The summed E-state index contributed by atoms with van der Waals surface area (Å²) in [6.07, 6.45) is 1.12. The highest BCUT2D eigenvalue weighted by molar-refractivity contribution is 5.85. The molecular formula is C7H18ClNO. The molecule has 3 heteroatoms. The molecule has 10 heavy (non-hydrogen) atoms. The lowest BCUT2D eigenvalue weighted by Crippen LogP contribution is -2.18. The third-order valence-corrected chi connectivity index (χ3v) is 1.02. The SMILES string of the molecule is CCCOCCNCC.Cl. The minimum Gasteiger partial charge on any atom is -0.380 e.